The number of hydrogen-bond acceptors (Lipinski definition) is 3. The van der Waals surface area contributed by atoms with Crippen LogP contribution in [0.15, 0.2) is 12.3 Å². The van der Waals surface area contributed by atoms with Crippen LogP contribution in [0.2, 0.25) is 0 Å². The van der Waals surface area contributed by atoms with Crippen molar-refractivity contribution in [2.75, 3.05) is 13.1 Å². The van der Waals surface area contributed by atoms with Gasteiger partial charge in [-0.2, -0.15) is 5.10 Å². The van der Waals surface area contributed by atoms with E-state index in [1.807, 2.05) is 0 Å². The van der Waals surface area contributed by atoms with E-state index in [2.05, 4.69) is 42.6 Å². The number of aromatic nitrogens is 2. The summed E-state index contributed by atoms with van der Waals surface area (Å²) < 4.78 is 2.14. The zero-order valence-electron chi connectivity index (χ0n) is 14.0. The van der Waals surface area contributed by atoms with Crippen LogP contribution in [0, 0.1) is 5.92 Å². The van der Waals surface area contributed by atoms with Gasteiger partial charge >= 0.3 is 0 Å². The van der Waals surface area contributed by atoms with Crippen molar-refractivity contribution in [2.24, 2.45) is 11.7 Å². The molecule has 2 atom stereocenters. The summed E-state index contributed by atoms with van der Waals surface area (Å²) in [5.74, 6) is 0.858. The highest BCUT2D eigenvalue weighted by molar-refractivity contribution is 5.01. The van der Waals surface area contributed by atoms with Gasteiger partial charge in [0.1, 0.15) is 0 Å². The molecule has 120 valence electrons. The maximum Gasteiger partial charge on any atom is 0.0765 e. The fourth-order valence-corrected chi connectivity index (χ4v) is 3.54. The Kier molecular flexibility index (Phi) is 6.24. The van der Waals surface area contributed by atoms with Gasteiger partial charge in [-0.05, 0) is 44.2 Å². The van der Waals surface area contributed by atoms with Crippen LogP contribution in [-0.4, -0.2) is 33.8 Å². The highest BCUT2D eigenvalue weighted by Crippen LogP contribution is 2.26. The lowest BCUT2D eigenvalue weighted by molar-refractivity contribution is 0.106. The molecule has 21 heavy (non-hydrogen) atoms. The molecular formula is C17H32N4. The van der Waals surface area contributed by atoms with Gasteiger partial charge in [-0.3, -0.25) is 9.58 Å². The minimum Gasteiger partial charge on any atom is -0.329 e. The molecule has 0 amide bonds. The van der Waals surface area contributed by atoms with Crippen molar-refractivity contribution in [2.45, 2.75) is 71.5 Å². The van der Waals surface area contributed by atoms with Crippen LogP contribution < -0.4 is 5.73 Å². The Morgan fingerprint density at radius 1 is 1.33 bits per heavy atom. The molecule has 0 aromatic carbocycles. The summed E-state index contributed by atoms with van der Waals surface area (Å²) in [4.78, 5) is 2.53. The fraction of sp³-hybridized carbons (Fsp3) is 0.824. The first kappa shape index (κ1) is 16.5. The van der Waals surface area contributed by atoms with E-state index in [1.54, 1.807) is 0 Å². The summed E-state index contributed by atoms with van der Waals surface area (Å²) in [6, 6.07) is 3.24. The van der Waals surface area contributed by atoms with E-state index < -0.39 is 0 Å². The third-order valence-electron chi connectivity index (χ3n) is 5.14. The van der Waals surface area contributed by atoms with Crippen molar-refractivity contribution < 1.29 is 0 Å². The molecule has 2 N–H and O–H groups in total. The summed E-state index contributed by atoms with van der Waals surface area (Å²) in [5.41, 5.74) is 7.18. The molecular weight excluding hydrogens is 260 g/mol. The summed E-state index contributed by atoms with van der Waals surface area (Å²) in [7, 11) is 0. The lowest BCUT2D eigenvalue weighted by Gasteiger charge is -2.38. The average Bonchev–Trinajstić information content (AvgIpc) is 2.97. The Labute approximate surface area is 129 Å². The Hall–Kier alpha value is -0.870. The third-order valence-corrected chi connectivity index (χ3v) is 5.14. The van der Waals surface area contributed by atoms with Crippen molar-refractivity contribution in [1.29, 1.82) is 0 Å². The maximum atomic E-state index is 5.99. The SMILES string of the molecule is CCC1CCN(Cc2ccn(C(CC)CC)n2)C(CN)C1. The van der Waals surface area contributed by atoms with Crippen molar-refractivity contribution in [3.05, 3.63) is 18.0 Å². The second-order valence-corrected chi connectivity index (χ2v) is 6.42. The van der Waals surface area contributed by atoms with Crippen molar-refractivity contribution >= 4 is 0 Å². The number of hydrogen-bond donors (Lipinski definition) is 1. The summed E-state index contributed by atoms with van der Waals surface area (Å²) in [5, 5.41) is 4.79. The molecule has 0 radical (unpaired) electrons. The van der Waals surface area contributed by atoms with Gasteiger partial charge in [-0.25, -0.2) is 0 Å². The van der Waals surface area contributed by atoms with Crippen LogP contribution in [0.4, 0.5) is 0 Å². The van der Waals surface area contributed by atoms with E-state index in [4.69, 9.17) is 10.8 Å². The Bertz CT molecular complexity index is 411. The first-order valence-corrected chi connectivity index (χ1v) is 8.69. The zero-order chi connectivity index (χ0) is 15.2. The predicted molar refractivity (Wildman–Crippen MR) is 88.1 cm³/mol. The molecule has 2 unspecified atom stereocenters. The van der Waals surface area contributed by atoms with E-state index >= 15 is 0 Å². The minimum atomic E-state index is 0.530. The number of nitrogens with zero attached hydrogens (tertiary/aromatic N) is 3. The normalized spacial score (nSPS) is 23.9. The van der Waals surface area contributed by atoms with Crippen molar-refractivity contribution in [1.82, 2.24) is 14.7 Å². The zero-order valence-corrected chi connectivity index (χ0v) is 14.0. The number of nitrogens with two attached hydrogens (primary N) is 1. The standard InChI is InChI=1S/C17H32N4/c1-4-14-7-9-20(17(11-14)12-18)13-15-8-10-21(19-15)16(5-2)6-3/h8,10,14,16-17H,4-7,9,11-13,18H2,1-3H3. The highest BCUT2D eigenvalue weighted by atomic mass is 15.3. The molecule has 0 saturated carbocycles. The topological polar surface area (TPSA) is 47.1 Å². The molecule has 1 aromatic heterocycles. The smallest absolute Gasteiger partial charge is 0.0765 e. The molecule has 1 aromatic rings. The van der Waals surface area contributed by atoms with Gasteiger partial charge in [0, 0.05) is 25.3 Å². The minimum absolute atomic E-state index is 0.530. The summed E-state index contributed by atoms with van der Waals surface area (Å²) >= 11 is 0. The van der Waals surface area contributed by atoms with Crippen LogP contribution in [0.1, 0.15) is 64.6 Å². The predicted octanol–water partition coefficient (Wildman–Crippen LogP) is 3.19. The second-order valence-electron chi connectivity index (χ2n) is 6.42. The van der Waals surface area contributed by atoms with Crippen LogP contribution >= 0.6 is 0 Å². The molecule has 4 nitrogen and oxygen atoms in total. The molecule has 1 fully saturated rings. The maximum absolute atomic E-state index is 5.99. The Morgan fingerprint density at radius 3 is 2.71 bits per heavy atom. The van der Waals surface area contributed by atoms with E-state index in [0.717, 1.165) is 38.4 Å². The number of likely N-dealkylation sites (tertiary alicyclic amines) is 1. The fourth-order valence-electron chi connectivity index (χ4n) is 3.54. The van der Waals surface area contributed by atoms with Crippen LogP contribution in [0.5, 0.6) is 0 Å². The van der Waals surface area contributed by atoms with Gasteiger partial charge in [-0.1, -0.05) is 27.2 Å². The van der Waals surface area contributed by atoms with E-state index in [-0.39, 0.29) is 0 Å². The highest BCUT2D eigenvalue weighted by Gasteiger charge is 2.27. The van der Waals surface area contributed by atoms with Gasteiger partial charge in [0.05, 0.1) is 11.7 Å². The second kappa shape index (κ2) is 7.95. The third kappa shape index (κ3) is 4.07. The van der Waals surface area contributed by atoms with Crippen LogP contribution in [0.3, 0.4) is 0 Å². The van der Waals surface area contributed by atoms with Crippen molar-refractivity contribution in [3.8, 4) is 0 Å². The van der Waals surface area contributed by atoms with Gasteiger partial charge in [0.2, 0.25) is 0 Å². The van der Waals surface area contributed by atoms with Gasteiger partial charge in [0.15, 0.2) is 0 Å². The molecule has 1 aliphatic heterocycles. The number of rotatable bonds is 7. The molecule has 0 spiro atoms. The van der Waals surface area contributed by atoms with E-state index in [9.17, 15) is 0 Å². The lowest BCUT2D eigenvalue weighted by atomic mass is 9.89. The van der Waals surface area contributed by atoms with E-state index in [0.29, 0.717) is 12.1 Å². The molecule has 1 saturated heterocycles. The quantitative estimate of drug-likeness (QED) is 0.839. The Morgan fingerprint density at radius 2 is 2.10 bits per heavy atom. The average molecular weight is 292 g/mol. The largest absolute Gasteiger partial charge is 0.329 e. The van der Waals surface area contributed by atoms with Crippen molar-refractivity contribution in [3.63, 3.8) is 0 Å². The molecule has 4 heteroatoms. The lowest BCUT2D eigenvalue weighted by Crippen LogP contribution is -2.46. The van der Waals surface area contributed by atoms with Crippen LogP contribution in [-0.2, 0) is 6.54 Å². The summed E-state index contributed by atoms with van der Waals surface area (Å²) in [6.07, 6.45) is 8.27. The van der Waals surface area contributed by atoms with Gasteiger partial charge < -0.3 is 5.73 Å². The first-order chi connectivity index (χ1) is 10.2. The number of piperidine rings is 1. The molecule has 2 rings (SSSR count). The molecule has 0 aliphatic carbocycles. The molecule has 1 aliphatic rings. The molecule has 2 heterocycles. The summed E-state index contributed by atoms with van der Waals surface area (Å²) in [6.45, 7) is 9.64. The van der Waals surface area contributed by atoms with E-state index in [1.165, 1.54) is 25.0 Å². The Balaban J connectivity index is 1.97. The monoisotopic (exact) mass is 292 g/mol. The molecule has 0 bridgehead atoms. The van der Waals surface area contributed by atoms with Crippen LogP contribution in [0.25, 0.3) is 0 Å². The van der Waals surface area contributed by atoms with Gasteiger partial charge in [0.25, 0.3) is 0 Å². The van der Waals surface area contributed by atoms with Gasteiger partial charge in [-0.15, -0.1) is 0 Å². The first-order valence-electron chi connectivity index (χ1n) is 8.69.